The van der Waals surface area contributed by atoms with E-state index in [1.54, 1.807) is 0 Å². The second-order valence-electron chi connectivity index (χ2n) is 7.60. The van der Waals surface area contributed by atoms with Crippen LogP contribution in [0, 0.1) is 0 Å². The van der Waals surface area contributed by atoms with Crippen molar-refractivity contribution in [1.82, 2.24) is 9.78 Å². The summed E-state index contributed by atoms with van der Waals surface area (Å²) in [5, 5.41) is 4.44. The highest BCUT2D eigenvalue weighted by Gasteiger charge is 2.34. The van der Waals surface area contributed by atoms with E-state index in [0.717, 1.165) is 18.5 Å². The molecule has 1 saturated carbocycles. The van der Waals surface area contributed by atoms with Crippen LogP contribution in [0.5, 0.6) is 0 Å². The highest BCUT2D eigenvalue weighted by atomic mass is 32.2. The van der Waals surface area contributed by atoms with E-state index in [9.17, 15) is 13.2 Å². The van der Waals surface area contributed by atoms with E-state index in [0.29, 0.717) is 18.8 Å². The van der Waals surface area contributed by atoms with Crippen molar-refractivity contribution in [3.63, 3.8) is 0 Å². The molecule has 0 bridgehead atoms. The first kappa shape index (κ1) is 16.5. The molecule has 3 rings (SSSR count). The molecule has 1 aliphatic carbocycles. The fourth-order valence-electron chi connectivity index (χ4n) is 2.99. The van der Waals surface area contributed by atoms with Crippen LogP contribution in [0.25, 0.3) is 0 Å². The second-order valence-corrected chi connectivity index (χ2v) is 9.82. The molecular weight excluding hydrogens is 316 g/mol. The highest BCUT2D eigenvalue weighted by molar-refractivity contribution is 7.91. The molecule has 1 aromatic heterocycles. The Hall–Kier alpha value is -1.37. The molecule has 1 atom stereocenters. The SMILES string of the molecule is CC(C)(C)n1nc(C(=O)O[C@@H]2CCCS(=O)(=O)C2)cc1C1CC1. The van der Waals surface area contributed by atoms with E-state index in [4.69, 9.17) is 4.74 Å². The zero-order valence-electron chi connectivity index (χ0n) is 13.9. The molecule has 23 heavy (non-hydrogen) atoms. The standard InChI is InChI=1S/C16H24N2O4S/c1-16(2,3)18-14(11-6-7-11)9-13(17-18)15(19)22-12-5-4-8-23(20,21)10-12/h9,11-12H,4-8,10H2,1-3H3/t12-/m1/s1. The van der Waals surface area contributed by atoms with Crippen molar-refractivity contribution in [1.29, 1.82) is 0 Å². The number of hydrogen-bond donors (Lipinski definition) is 0. The maximum Gasteiger partial charge on any atom is 0.359 e. The summed E-state index contributed by atoms with van der Waals surface area (Å²) < 4.78 is 30.6. The molecule has 0 radical (unpaired) electrons. The van der Waals surface area contributed by atoms with Crippen LogP contribution in [-0.2, 0) is 20.1 Å². The Morgan fingerprint density at radius 2 is 2.00 bits per heavy atom. The van der Waals surface area contributed by atoms with E-state index in [1.165, 1.54) is 0 Å². The third-order valence-electron chi connectivity index (χ3n) is 4.27. The summed E-state index contributed by atoms with van der Waals surface area (Å²) in [5.41, 5.74) is 1.15. The van der Waals surface area contributed by atoms with Crippen molar-refractivity contribution in [2.24, 2.45) is 0 Å². The Bertz CT molecular complexity index is 711. The van der Waals surface area contributed by atoms with Crippen LogP contribution in [0.2, 0.25) is 0 Å². The van der Waals surface area contributed by atoms with Crippen molar-refractivity contribution >= 4 is 15.8 Å². The molecular formula is C16H24N2O4S. The maximum absolute atomic E-state index is 12.4. The van der Waals surface area contributed by atoms with Crippen molar-refractivity contribution in [3.05, 3.63) is 17.5 Å². The van der Waals surface area contributed by atoms with Crippen molar-refractivity contribution < 1.29 is 17.9 Å². The smallest absolute Gasteiger partial charge is 0.359 e. The van der Waals surface area contributed by atoms with Crippen LogP contribution in [0.4, 0.5) is 0 Å². The zero-order chi connectivity index (χ0) is 16.8. The molecule has 2 fully saturated rings. The zero-order valence-corrected chi connectivity index (χ0v) is 14.7. The van der Waals surface area contributed by atoms with Crippen LogP contribution in [-0.4, -0.2) is 41.8 Å². The molecule has 1 aliphatic heterocycles. The molecule has 2 heterocycles. The molecule has 1 saturated heterocycles. The average Bonchev–Trinajstić information content (AvgIpc) is 3.14. The van der Waals surface area contributed by atoms with Crippen molar-refractivity contribution in [3.8, 4) is 0 Å². The normalized spacial score (nSPS) is 24.4. The highest BCUT2D eigenvalue weighted by Crippen LogP contribution is 2.41. The van der Waals surface area contributed by atoms with Gasteiger partial charge in [-0.3, -0.25) is 4.68 Å². The lowest BCUT2D eigenvalue weighted by molar-refractivity contribution is 0.0315. The molecule has 1 aromatic rings. The number of hydrogen-bond acceptors (Lipinski definition) is 5. The monoisotopic (exact) mass is 340 g/mol. The topological polar surface area (TPSA) is 78.3 Å². The van der Waals surface area contributed by atoms with Gasteiger partial charge >= 0.3 is 5.97 Å². The fraction of sp³-hybridized carbons (Fsp3) is 0.750. The summed E-state index contributed by atoms with van der Waals surface area (Å²) in [6, 6.07) is 1.81. The Balaban J connectivity index is 1.77. The third kappa shape index (κ3) is 3.76. The lowest BCUT2D eigenvalue weighted by Crippen LogP contribution is -2.33. The van der Waals surface area contributed by atoms with Gasteiger partial charge in [0.2, 0.25) is 0 Å². The predicted octanol–water partition coefficient (Wildman–Crippen LogP) is 2.25. The van der Waals surface area contributed by atoms with Crippen LogP contribution < -0.4 is 0 Å². The molecule has 6 nitrogen and oxygen atoms in total. The van der Waals surface area contributed by atoms with E-state index >= 15 is 0 Å². The Kier molecular flexibility index (Phi) is 4.02. The largest absolute Gasteiger partial charge is 0.457 e. The van der Waals surface area contributed by atoms with Gasteiger partial charge in [0, 0.05) is 11.6 Å². The summed E-state index contributed by atoms with van der Waals surface area (Å²) >= 11 is 0. The minimum absolute atomic E-state index is 0.0752. The van der Waals surface area contributed by atoms with Gasteiger partial charge < -0.3 is 4.74 Å². The molecule has 2 aliphatic rings. The molecule has 7 heteroatoms. The molecule has 128 valence electrons. The van der Waals surface area contributed by atoms with Gasteiger partial charge in [-0.25, -0.2) is 13.2 Å². The van der Waals surface area contributed by atoms with Crippen molar-refractivity contribution in [2.45, 2.75) is 64.0 Å². The average molecular weight is 340 g/mol. The number of nitrogens with zero attached hydrogens (tertiary/aromatic N) is 2. The van der Waals surface area contributed by atoms with Crippen LogP contribution in [0.3, 0.4) is 0 Å². The summed E-state index contributed by atoms with van der Waals surface area (Å²) in [4.78, 5) is 12.4. The number of carbonyl (C=O) groups is 1. The van der Waals surface area contributed by atoms with E-state index in [1.807, 2.05) is 10.7 Å². The van der Waals surface area contributed by atoms with E-state index < -0.39 is 21.9 Å². The summed E-state index contributed by atoms with van der Waals surface area (Å²) in [6.07, 6.45) is 2.84. The predicted molar refractivity (Wildman–Crippen MR) is 86.3 cm³/mol. The molecule has 0 N–H and O–H groups in total. The van der Waals surface area contributed by atoms with Gasteiger partial charge in [-0.1, -0.05) is 0 Å². The van der Waals surface area contributed by atoms with Crippen LogP contribution in [0.1, 0.15) is 68.6 Å². The number of sulfone groups is 1. The lowest BCUT2D eigenvalue weighted by Gasteiger charge is -2.22. The number of esters is 1. The van der Waals surface area contributed by atoms with Crippen molar-refractivity contribution in [2.75, 3.05) is 11.5 Å². The first-order chi connectivity index (χ1) is 10.7. The van der Waals surface area contributed by atoms with Crippen LogP contribution in [0.15, 0.2) is 6.07 Å². The third-order valence-corrected chi connectivity index (χ3v) is 6.06. The minimum Gasteiger partial charge on any atom is -0.457 e. The van der Waals surface area contributed by atoms with Gasteiger partial charge in [0.15, 0.2) is 15.5 Å². The van der Waals surface area contributed by atoms with Gasteiger partial charge in [-0.2, -0.15) is 5.10 Å². The fourth-order valence-corrected chi connectivity index (χ4v) is 4.56. The minimum atomic E-state index is -3.09. The number of carbonyl (C=O) groups excluding carboxylic acids is 1. The maximum atomic E-state index is 12.4. The van der Waals surface area contributed by atoms with E-state index in [2.05, 4.69) is 25.9 Å². The molecule has 0 aromatic carbocycles. The number of aromatic nitrogens is 2. The summed E-state index contributed by atoms with van der Waals surface area (Å²) in [6.45, 7) is 6.15. The van der Waals surface area contributed by atoms with Gasteiger partial charge in [0.1, 0.15) is 6.10 Å². The number of ether oxygens (including phenoxy) is 1. The Labute approximate surface area is 137 Å². The van der Waals surface area contributed by atoms with Gasteiger partial charge in [-0.15, -0.1) is 0 Å². The Morgan fingerprint density at radius 3 is 2.57 bits per heavy atom. The summed E-state index contributed by atoms with van der Waals surface area (Å²) in [7, 11) is -3.09. The van der Waals surface area contributed by atoms with Gasteiger partial charge in [-0.05, 0) is 52.5 Å². The van der Waals surface area contributed by atoms with Gasteiger partial charge in [0.25, 0.3) is 0 Å². The van der Waals surface area contributed by atoms with Crippen LogP contribution >= 0.6 is 0 Å². The molecule has 0 unspecified atom stereocenters. The summed E-state index contributed by atoms with van der Waals surface area (Å²) in [5.74, 6) is 0.0649. The van der Waals surface area contributed by atoms with Gasteiger partial charge in [0.05, 0.1) is 17.0 Å². The van der Waals surface area contributed by atoms with E-state index in [-0.39, 0.29) is 22.7 Å². The number of rotatable bonds is 3. The quantitative estimate of drug-likeness (QED) is 0.789. The molecule has 0 amide bonds. The second kappa shape index (κ2) is 5.61. The molecule has 0 spiro atoms. The Morgan fingerprint density at radius 1 is 1.30 bits per heavy atom. The first-order valence-corrected chi connectivity index (χ1v) is 10.00. The lowest BCUT2D eigenvalue weighted by atomic mass is 10.1. The first-order valence-electron chi connectivity index (χ1n) is 8.17.